The Morgan fingerprint density at radius 1 is 1.28 bits per heavy atom. The molecule has 0 aromatic heterocycles. The first-order valence-corrected chi connectivity index (χ1v) is 8.77. The lowest BCUT2D eigenvalue weighted by Gasteiger charge is -2.33. The van der Waals surface area contributed by atoms with Crippen LogP contribution in [0.2, 0.25) is 0 Å². The van der Waals surface area contributed by atoms with Gasteiger partial charge >= 0.3 is 5.97 Å². The fraction of sp³-hybridized carbons (Fsp3) is 0.526. The number of hydrogen-bond acceptors (Lipinski definition) is 3. The van der Waals surface area contributed by atoms with Gasteiger partial charge in [0.15, 0.2) is 0 Å². The molecule has 2 amide bonds. The monoisotopic (exact) mass is 346 g/mol. The fourth-order valence-electron chi connectivity index (χ4n) is 3.34. The number of rotatable bonds is 7. The highest BCUT2D eigenvalue weighted by atomic mass is 16.4. The fourth-order valence-corrected chi connectivity index (χ4v) is 3.34. The Bertz CT molecular complexity index is 603. The number of carbonyl (C=O) groups excluding carboxylic acids is 2. The number of piperidine rings is 1. The van der Waals surface area contributed by atoms with Crippen LogP contribution in [0, 0.1) is 5.92 Å². The number of carbonyl (C=O) groups is 3. The van der Waals surface area contributed by atoms with Gasteiger partial charge in [0.1, 0.15) is 0 Å². The normalized spacial score (nSPS) is 18.4. The van der Waals surface area contributed by atoms with Crippen LogP contribution in [0.25, 0.3) is 0 Å². The van der Waals surface area contributed by atoms with Gasteiger partial charge in [-0.1, -0.05) is 30.3 Å². The summed E-state index contributed by atoms with van der Waals surface area (Å²) in [4.78, 5) is 36.8. The molecule has 0 spiro atoms. The summed E-state index contributed by atoms with van der Waals surface area (Å²) < 4.78 is 0. The van der Waals surface area contributed by atoms with Crippen LogP contribution in [0.15, 0.2) is 30.3 Å². The Morgan fingerprint density at radius 2 is 2.00 bits per heavy atom. The lowest BCUT2D eigenvalue weighted by atomic mass is 9.92. The third kappa shape index (κ3) is 6.21. The van der Waals surface area contributed by atoms with Crippen LogP contribution in [-0.2, 0) is 14.4 Å². The van der Waals surface area contributed by atoms with Crippen molar-refractivity contribution in [2.75, 3.05) is 13.1 Å². The third-order valence-electron chi connectivity index (χ3n) is 4.60. The molecular formula is C19H26N2O4. The SMILES string of the molecule is CC(=O)N[C@@H](CC(=O)N1CCC[C@@H](CCC(=O)O)C1)c1ccccc1. The molecule has 6 heteroatoms. The van der Waals surface area contributed by atoms with E-state index in [-0.39, 0.29) is 36.6 Å². The molecule has 136 valence electrons. The summed E-state index contributed by atoms with van der Waals surface area (Å²) in [6.45, 7) is 2.75. The zero-order chi connectivity index (χ0) is 18.2. The van der Waals surface area contributed by atoms with E-state index >= 15 is 0 Å². The van der Waals surface area contributed by atoms with Gasteiger partial charge in [-0.3, -0.25) is 14.4 Å². The summed E-state index contributed by atoms with van der Waals surface area (Å²) in [5, 5.41) is 11.7. The molecule has 1 aliphatic rings. The molecule has 1 aromatic rings. The predicted octanol–water partition coefficient (Wildman–Crippen LogP) is 2.36. The van der Waals surface area contributed by atoms with E-state index < -0.39 is 5.97 Å². The van der Waals surface area contributed by atoms with Crippen molar-refractivity contribution < 1.29 is 19.5 Å². The maximum absolute atomic E-state index is 12.7. The van der Waals surface area contributed by atoms with Crippen molar-refractivity contribution in [1.29, 1.82) is 0 Å². The molecule has 2 rings (SSSR count). The first-order chi connectivity index (χ1) is 12.0. The van der Waals surface area contributed by atoms with Crippen LogP contribution >= 0.6 is 0 Å². The maximum Gasteiger partial charge on any atom is 0.303 e. The molecule has 0 unspecified atom stereocenters. The van der Waals surface area contributed by atoms with Crippen molar-refractivity contribution in [3.05, 3.63) is 35.9 Å². The zero-order valence-electron chi connectivity index (χ0n) is 14.6. The standard InChI is InChI=1S/C19H26N2O4/c1-14(22)20-17(16-7-3-2-4-8-16)12-18(23)21-11-5-6-15(13-21)9-10-19(24)25/h2-4,7-8,15,17H,5-6,9-13H2,1H3,(H,20,22)(H,24,25)/t15-,17-/m0/s1. The number of carboxylic acid groups (broad SMARTS) is 1. The van der Waals surface area contributed by atoms with E-state index in [0.29, 0.717) is 19.5 Å². The first-order valence-electron chi connectivity index (χ1n) is 8.77. The Hall–Kier alpha value is -2.37. The van der Waals surface area contributed by atoms with Crippen LogP contribution in [-0.4, -0.2) is 40.9 Å². The molecule has 0 aliphatic carbocycles. The molecule has 0 saturated carbocycles. The van der Waals surface area contributed by atoms with Gasteiger partial charge in [0.2, 0.25) is 11.8 Å². The molecule has 2 N–H and O–H groups in total. The van der Waals surface area contributed by atoms with Crippen LogP contribution in [0.4, 0.5) is 0 Å². The molecule has 2 atom stereocenters. The average Bonchev–Trinajstić information content (AvgIpc) is 2.60. The van der Waals surface area contributed by atoms with Gasteiger partial charge in [0, 0.05) is 26.4 Å². The van der Waals surface area contributed by atoms with Crippen LogP contribution < -0.4 is 5.32 Å². The highest BCUT2D eigenvalue weighted by molar-refractivity contribution is 5.79. The van der Waals surface area contributed by atoms with Gasteiger partial charge in [0.05, 0.1) is 12.5 Å². The van der Waals surface area contributed by atoms with Crippen molar-refractivity contribution in [1.82, 2.24) is 10.2 Å². The van der Waals surface area contributed by atoms with Crippen molar-refractivity contribution in [3.63, 3.8) is 0 Å². The maximum atomic E-state index is 12.7. The van der Waals surface area contributed by atoms with E-state index in [0.717, 1.165) is 18.4 Å². The summed E-state index contributed by atoms with van der Waals surface area (Å²) >= 11 is 0. The van der Waals surface area contributed by atoms with Crippen molar-refractivity contribution in [3.8, 4) is 0 Å². The van der Waals surface area contributed by atoms with Crippen molar-refractivity contribution >= 4 is 17.8 Å². The Morgan fingerprint density at radius 3 is 2.64 bits per heavy atom. The number of nitrogens with one attached hydrogen (secondary N) is 1. The van der Waals surface area contributed by atoms with E-state index in [2.05, 4.69) is 5.32 Å². The summed E-state index contributed by atoms with van der Waals surface area (Å²) in [6, 6.07) is 9.13. The van der Waals surface area contributed by atoms with Gasteiger partial charge in [-0.2, -0.15) is 0 Å². The van der Waals surface area contributed by atoms with Gasteiger partial charge in [-0.15, -0.1) is 0 Å². The number of amides is 2. The van der Waals surface area contributed by atoms with Gasteiger partial charge in [-0.05, 0) is 30.7 Å². The minimum atomic E-state index is -0.793. The number of hydrogen-bond donors (Lipinski definition) is 2. The minimum absolute atomic E-state index is 0.00243. The number of likely N-dealkylation sites (tertiary alicyclic amines) is 1. The largest absolute Gasteiger partial charge is 0.481 e. The predicted molar refractivity (Wildman–Crippen MR) is 93.8 cm³/mol. The lowest BCUT2D eigenvalue weighted by molar-refractivity contribution is -0.137. The smallest absolute Gasteiger partial charge is 0.303 e. The summed E-state index contributed by atoms with van der Waals surface area (Å²) in [5.74, 6) is -0.717. The van der Waals surface area contributed by atoms with E-state index in [4.69, 9.17) is 5.11 Å². The molecule has 1 aliphatic heterocycles. The lowest BCUT2D eigenvalue weighted by Crippen LogP contribution is -2.42. The molecule has 6 nitrogen and oxygen atoms in total. The number of carboxylic acids is 1. The van der Waals surface area contributed by atoms with E-state index in [1.54, 1.807) is 0 Å². The highest BCUT2D eigenvalue weighted by Gasteiger charge is 2.26. The number of benzene rings is 1. The molecule has 1 heterocycles. The summed E-state index contributed by atoms with van der Waals surface area (Å²) in [6.07, 6.45) is 2.82. The zero-order valence-corrected chi connectivity index (χ0v) is 14.6. The number of nitrogens with zero attached hydrogens (tertiary/aromatic N) is 1. The van der Waals surface area contributed by atoms with Gasteiger partial charge < -0.3 is 15.3 Å². The second kappa shape index (κ2) is 9.20. The van der Waals surface area contributed by atoms with E-state index in [1.165, 1.54) is 6.92 Å². The van der Waals surface area contributed by atoms with E-state index in [9.17, 15) is 14.4 Å². The van der Waals surface area contributed by atoms with Crippen LogP contribution in [0.3, 0.4) is 0 Å². The Labute approximate surface area is 148 Å². The Balaban J connectivity index is 1.97. The summed E-state index contributed by atoms with van der Waals surface area (Å²) in [5.41, 5.74) is 0.908. The quantitative estimate of drug-likeness (QED) is 0.793. The molecule has 0 bridgehead atoms. The topological polar surface area (TPSA) is 86.7 Å². The molecule has 1 aromatic carbocycles. The molecular weight excluding hydrogens is 320 g/mol. The molecule has 0 radical (unpaired) electrons. The van der Waals surface area contributed by atoms with Gasteiger partial charge in [-0.25, -0.2) is 0 Å². The van der Waals surface area contributed by atoms with E-state index in [1.807, 2.05) is 35.2 Å². The summed E-state index contributed by atoms with van der Waals surface area (Å²) in [7, 11) is 0. The highest BCUT2D eigenvalue weighted by Crippen LogP contribution is 2.24. The van der Waals surface area contributed by atoms with Crippen molar-refractivity contribution in [2.24, 2.45) is 5.92 Å². The molecule has 1 fully saturated rings. The van der Waals surface area contributed by atoms with Gasteiger partial charge in [0.25, 0.3) is 0 Å². The Kier molecular flexibility index (Phi) is 6.98. The minimum Gasteiger partial charge on any atom is -0.481 e. The second-order valence-corrected chi connectivity index (χ2v) is 6.65. The molecule has 25 heavy (non-hydrogen) atoms. The average molecular weight is 346 g/mol. The first kappa shape index (κ1) is 19.0. The second-order valence-electron chi connectivity index (χ2n) is 6.65. The molecule has 1 saturated heterocycles. The number of aliphatic carboxylic acids is 1. The third-order valence-corrected chi connectivity index (χ3v) is 4.60. The van der Waals surface area contributed by atoms with Crippen LogP contribution in [0.5, 0.6) is 0 Å². The van der Waals surface area contributed by atoms with Crippen LogP contribution in [0.1, 0.15) is 50.6 Å². The van der Waals surface area contributed by atoms with Crippen molar-refractivity contribution in [2.45, 2.75) is 45.1 Å².